The molecule has 0 atom stereocenters. The van der Waals surface area contributed by atoms with Gasteiger partial charge in [0.25, 0.3) is 0 Å². The van der Waals surface area contributed by atoms with Gasteiger partial charge in [-0.05, 0) is 53.9 Å². The average molecular weight is 440 g/mol. The van der Waals surface area contributed by atoms with E-state index in [2.05, 4.69) is 19.9 Å². The molecule has 6 nitrogen and oxygen atoms in total. The lowest BCUT2D eigenvalue weighted by Crippen LogP contribution is -2.23. The van der Waals surface area contributed by atoms with Gasteiger partial charge in [-0.25, -0.2) is 21.9 Å². The number of sulfonamides is 1. The van der Waals surface area contributed by atoms with Crippen LogP contribution in [0.25, 0.3) is 22.4 Å². The van der Waals surface area contributed by atoms with Gasteiger partial charge in [-0.15, -0.1) is 0 Å². The van der Waals surface area contributed by atoms with Crippen molar-refractivity contribution in [1.82, 2.24) is 19.9 Å². The van der Waals surface area contributed by atoms with Crippen LogP contribution in [0.3, 0.4) is 0 Å². The van der Waals surface area contributed by atoms with Crippen molar-refractivity contribution >= 4 is 10.0 Å². The molecule has 0 unspecified atom stereocenters. The zero-order chi connectivity index (χ0) is 22.0. The van der Waals surface area contributed by atoms with E-state index in [0.717, 1.165) is 40.1 Å². The van der Waals surface area contributed by atoms with Crippen molar-refractivity contribution in [3.8, 4) is 22.4 Å². The Bertz CT molecular complexity index is 1350. The standard InChI is InChI=1S/C22H18F2N4O2S/c1-14-11-25-8-7-18(14)19-13-26-28-22(19)16-4-2-3-15(9-16)12-27-31(29,30)17-5-6-20(23)21(24)10-17/h2-11,13,27H,12H2,1H3,(H,26,28). The molecule has 158 valence electrons. The van der Waals surface area contributed by atoms with Crippen LogP contribution in [0.1, 0.15) is 11.1 Å². The van der Waals surface area contributed by atoms with Crippen LogP contribution in [0.5, 0.6) is 0 Å². The molecule has 0 fully saturated rings. The normalized spacial score (nSPS) is 11.6. The van der Waals surface area contributed by atoms with Crippen molar-refractivity contribution in [3.63, 3.8) is 0 Å². The number of nitrogens with zero attached hydrogens (tertiary/aromatic N) is 2. The Labute approximate surface area is 178 Å². The highest BCUT2D eigenvalue weighted by atomic mass is 32.2. The lowest BCUT2D eigenvalue weighted by atomic mass is 9.99. The lowest BCUT2D eigenvalue weighted by Gasteiger charge is -2.10. The smallest absolute Gasteiger partial charge is 0.240 e. The fraction of sp³-hybridized carbons (Fsp3) is 0.0909. The van der Waals surface area contributed by atoms with Gasteiger partial charge in [-0.2, -0.15) is 5.10 Å². The number of aryl methyl sites for hydroxylation is 1. The highest BCUT2D eigenvalue weighted by Gasteiger charge is 2.17. The van der Waals surface area contributed by atoms with Crippen molar-refractivity contribution in [1.29, 1.82) is 0 Å². The molecular weight excluding hydrogens is 422 g/mol. The highest BCUT2D eigenvalue weighted by Crippen LogP contribution is 2.32. The molecule has 0 aliphatic heterocycles. The second-order valence-electron chi connectivity index (χ2n) is 6.95. The molecule has 9 heteroatoms. The first kappa shape index (κ1) is 20.8. The maximum atomic E-state index is 13.4. The monoisotopic (exact) mass is 440 g/mol. The minimum atomic E-state index is -4.00. The van der Waals surface area contributed by atoms with Crippen LogP contribution in [0.4, 0.5) is 8.78 Å². The van der Waals surface area contributed by atoms with Gasteiger partial charge >= 0.3 is 0 Å². The number of benzene rings is 2. The maximum Gasteiger partial charge on any atom is 0.240 e. The Kier molecular flexibility index (Phi) is 5.62. The molecule has 0 amide bonds. The van der Waals surface area contributed by atoms with E-state index in [-0.39, 0.29) is 11.4 Å². The second kappa shape index (κ2) is 8.37. The Morgan fingerprint density at radius 3 is 2.61 bits per heavy atom. The van der Waals surface area contributed by atoms with Crippen molar-refractivity contribution < 1.29 is 17.2 Å². The number of hydrogen-bond donors (Lipinski definition) is 2. The predicted molar refractivity (Wildman–Crippen MR) is 112 cm³/mol. The van der Waals surface area contributed by atoms with Gasteiger partial charge in [-0.1, -0.05) is 18.2 Å². The molecule has 31 heavy (non-hydrogen) atoms. The first-order chi connectivity index (χ1) is 14.8. The van der Waals surface area contributed by atoms with Crippen LogP contribution in [-0.2, 0) is 16.6 Å². The van der Waals surface area contributed by atoms with Crippen LogP contribution < -0.4 is 4.72 Å². The summed E-state index contributed by atoms with van der Waals surface area (Å²) in [5, 5.41) is 7.16. The molecule has 0 aliphatic rings. The molecule has 2 aromatic carbocycles. The zero-order valence-corrected chi connectivity index (χ0v) is 17.2. The molecule has 2 aromatic heterocycles. The van der Waals surface area contributed by atoms with Crippen LogP contribution >= 0.6 is 0 Å². The Morgan fingerprint density at radius 1 is 1.00 bits per heavy atom. The van der Waals surface area contributed by atoms with E-state index in [1.165, 1.54) is 0 Å². The van der Waals surface area contributed by atoms with Gasteiger partial charge in [0.05, 0.1) is 16.8 Å². The first-order valence-corrected chi connectivity index (χ1v) is 10.8. The topological polar surface area (TPSA) is 87.7 Å². The van der Waals surface area contributed by atoms with Gasteiger partial charge in [0.2, 0.25) is 10.0 Å². The summed E-state index contributed by atoms with van der Waals surface area (Å²) >= 11 is 0. The summed E-state index contributed by atoms with van der Waals surface area (Å²) in [6, 6.07) is 11.7. The minimum Gasteiger partial charge on any atom is -0.277 e. The van der Waals surface area contributed by atoms with E-state index < -0.39 is 21.7 Å². The zero-order valence-electron chi connectivity index (χ0n) is 16.4. The van der Waals surface area contributed by atoms with E-state index in [4.69, 9.17) is 0 Å². The van der Waals surface area contributed by atoms with Gasteiger partial charge < -0.3 is 0 Å². The number of hydrogen-bond acceptors (Lipinski definition) is 4. The number of nitrogens with one attached hydrogen (secondary N) is 2. The molecule has 2 heterocycles. The number of pyridine rings is 1. The molecule has 4 rings (SSSR count). The molecular formula is C22H18F2N4O2S. The summed E-state index contributed by atoms with van der Waals surface area (Å²) in [5.41, 5.74) is 5.20. The largest absolute Gasteiger partial charge is 0.277 e. The van der Waals surface area contributed by atoms with Crippen LogP contribution in [-0.4, -0.2) is 23.6 Å². The maximum absolute atomic E-state index is 13.4. The van der Waals surface area contributed by atoms with Crippen molar-refractivity contribution in [3.05, 3.63) is 89.9 Å². The number of aromatic amines is 1. The number of rotatable bonds is 6. The molecule has 0 spiro atoms. The number of H-pyrrole nitrogens is 1. The van der Waals surface area contributed by atoms with E-state index >= 15 is 0 Å². The van der Waals surface area contributed by atoms with Gasteiger partial charge in [0, 0.05) is 30.1 Å². The molecule has 0 saturated heterocycles. The summed E-state index contributed by atoms with van der Waals surface area (Å²) in [5.74, 6) is -2.32. The fourth-order valence-corrected chi connectivity index (χ4v) is 4.26. The minimum absolute atomic E-state index is 0.0209. The molecule has 0 radical (unpaired) electrons. The summed E-state index contributed by atoms with van der Waals surface area (Å²) in [6.07, 6.45) is 5.22. The van der Waals surface area contributed by atoms with Gasteiger partial charge in [0.1, 0.15) is 0 Å². The quantitative estimate of drug-likeness (QED) is 0.470. The Hall–Kier alpha value is -3.43. The molecule has 0 aliphatic carbocycles. The number of halogens is 2. The molecule has 4 aromatic rings. The first-order valence-electron chi connectivity index (χ1n) is 9.33. The summed E-state index contributed by atoms with van der Waals surface area (Å²) in [7, 11) is -4.00. The SMILES string of the molecule is Cc1cnccc1-c1cn[nH]c1-c1cccc(CNS(=O)(=O)c2ccc(F)c(F)c2)c1. The number of aromatic nitrogens is 3. The Morgan fingerprint density at radius 2 is 1.84 bits per heavy atom. The van der Waals surface area contributed by atoms with Crippen LogP contribution in [0.2, 0.25) is 0 Å². The van der Waals surface area contributed by atoms with E-state index in [0.29, 0.717) is 11.6 Å². The third-order valence-corrected chi connectivity index (χ3v) is 6.23. The van der Waals surface area contributed by atoms with Crippen LogP contribution in [0, 0.1) is 18.6 Å². The average Bonchev–Trinajstić information content (AvgIpc) is 3.24. The predicted octanol–water partition coefficient (Wildman–Crippen LogP) is 4.20. The summed E-state index contributed by atoms with van der Waals surface area (Å²) in [6.45, 7) is 1.94. The van der Waals surface area contributed by atoms with E-state index in [1.807, 2.05) is 25.1 Å². The van der Waals surface area contributed by atoms with Crippen LogP contribution in [0.15, 0.2) is 72.0 Å². The fourth-order valence-electron chi connectivity index (χ4n) is 3.23. The van der Waals surface area contributed by atoms with E-state index in [1.54, 1.807) is 30.7 Å². The highest BCUT2D eigenvalue weighted by molar-refractivity contribution is 7.89. The lowest BCUT2D eigenvalue weighted by molar-refractivity contribution is 0.504. The van der Waals surface area contributed by atoms with Crippen molar-refractivity contribution in [2.45, 2.75) is 18.4 Å². The van der Waals surface area contributed by atoms with Crippen molar-refractivity contribution in [2.24, 2.45) is 0 Å². The Balaban J connectivity index is 1.58. The van der Waals surface area contributed by atoms with Gasteiger partial charge in [0.15, 0.2) is 11.6 Å². The molecule has 0 saturated carbocycles. The van der Waals surface area contributed by atoms with Gasteiger partial charge in [-0.3, -0.25) is 10.1 Å². The van der Waals surface area contributed by atoms with Crippen molar-refractivity contribution in [2.75, 3.05) is 0 Å². The summed E-state index contributed by atoms with van der Waals surface area (Å²) in [4.78, 5) is 3.77. The third kappa shape index (κ3) is 4.37. The third-order valence-electron chi connectivity index (χ3n) is 4.83. The molecule has 2 N–H and O–H groups in total. The summed E-state index contributed by atoms with van der Waals surface area (Å²) < 4.78 is 53.8. The van der Waals surface area contributed by atoms with E-state index in [9.17, 15) is 17.2 Å². The molecule has 0 bridgehead atoms. The second-order valence-corrected chi connectivity index (χ2v) is 8.72.